The number of likely N-dealkylation sites (tertiary alicyclic amines) is 1. The highest BCUT2D eigenvalue weighted by Crippen LogP contribution is 2.31. The van der Waals surface area contributed by atoms with Gasteiger partial charge in [-0.25, -0.2) is 0 Å². The number of phenolic OH excluding ortho intramolecular Hbond substituents is 1. The van der Waals surface area contributed by atoms with Crippen molar-refractivity contribution in [1.82, 2.24) is 4.90 Å². The molecule has 1 aromatic rings. The maximum Gasteiger partial charge on any atom is 0.257 e. The molecule has 0 aliphatic carbocycles. The first kappa shape index (κ1) is 13.7. The van der Waals surface area contributed by atoms with Crippen molar-refractivity contribution in [2.24, 2.45) is 5.92 Å². The molecule has 104 valence electrons. The molecule has 0 spiro atoms. The third-order valence-corrected chi connectivity index (χ3v) is 3.51. The average molecular weight is 265 g/mol. The molecule has 1 amide bonds. The Morgan fingerprint density at radius 1 is 1.53 bits per heavy atom. The van der Waals surface area contributed by atoms with Crippen LogP contribution in [0.15, 0.2) is 18.2 Å². The summed E-state index contributed by atoms with van der Waals surface area (Å²) in [5.74, 6) is 0.0858. The number of rotatable bonds is 3. The van der Waals surface area contributed by atoms with Gasteiger partial charge in [0.2, 0.25) is 0 Å². The van der Waals surface area contributed by atoms with E-state index in [0.29, 0.717) is 18.8 Å². The van der Waals surface area contributed by atoms with Crippen molar-refractivity contribution in [3.05, 3.63) is 23.8 Å². The molecular formula is C14H19NO4. The van der Waals surface area contributed by atoms with E-state index in [1.54, 1.807) is 23.1 Å². The SMILES string of the molecule is COc1cccc(C(=O)N2CCCC(CO)C2)c1O. The van der Waals surface area contributed by atoms with E-state index in [-0.39, 0.29) is 29.7 Å². The summed E-state index contributed by atoms with van der Waals surface area (Å²) in [4.78, 5) is 14.1. The molecule has 0 saturated carbocycles. The molecule has 2 rings (SSSR count). The number of benzene rings is 1. The van der Waals surface area contributed by atoms with Gasteiger partial charge in [-0.1, -0.05) is 6.07 Å². The van der Waals surface area contributed by atoms with Crippen molar-refractivity contribution < 1.29 is 19.7 Å². The lowest BCUT2D eigenvalue weighted by molar-refractivity contribution is 0.0617. The van der Waals surface area contributed by atoms with Crippen LogP contribution in [0.25, 0.3) is 0 Å². The highest BCUT2D eigenvalue weighted by molar-refractivity contribution is 5.97. The molecule has 0 bridgehead atoms. The predicted molar refractivity (Wildman–Crippen MR) is 70.4 cm³/mol. The molecule has 1 unspecified atom stereocenters. The zero-order valence-electron chi connectivity index (χ0n) is 11.0. The van der Waals surface area contributed by atoms with Crippen molar-refractivity contribution in [3.63, 3.8) is 0 Å². The molecule has 1 fully saturated rings. The Labute approximate surface area is 112 Å². The van der Waals surface area contributed by atoms with Gasteiger partial charge in [-0.2, -0.15) is 0 Å². The maximum atomic E-state index is 12.4. The van der Waals surface area contributed by atoms with Crippen molar-refractivity contribution in [2.45, 2.75) is 12.8 Å². The van der Waals surface area contributed by atoms with Crippen LogP contribution in [0.1, 0.15) is 23.2 Å². The molecule has 1 heterocycles. The highest BCUT2D eigenvalue weighted by atomic mass is 16.5. The van der Waals surface area contributed by atoms with Crippen LogP contribution in [0.2, 0.25) is 0 Å². The topological polar surface area (TPSA) is 70.0 Å². The van der Waals surface area contributed by atoms with Gasteiger partial charge in [0.25, 0.3) is 5.91 Å². The van der Waals surface area contributed by atoms with Gasteiger partial charge < -0.3 is 19.8 Å². The summed E-state index contributed by atoms with van der Waals surface area (Å²) in [6.45, 7) is 1.28. The molecule has 1 atom stereocenters. The van der Waals surface area contributed by atoms with E-state index in [0.717, 1.165) is 12.8 Å². The van der Waals surface area contributed by atoms with Crippen LogP contribution in [0, 0.1) is 5.92 Å². The Bertz CT molecular complexity index is 461. The molecular weight excluding hydrogens is 246 g/mol. The van der Waals surface area contributed by atoms with Gasteiger partial charge >= 0.3 is 0 Å². The van der Waals surface area contributed by atoms with Crippen LogP contribution >= 0.6 is 0 Å². The van der Waals surface area contributed by atoms with Gasteiger partial charge in [0.15, 0.2) is 11.5 Å². The summed E-state index contributed by atoms with van der Waals surface area (Å²) >= 11 is 0. The zero-order valence-corrected chi connectivity index (χ0v) is 11.0. The summed E-state index contributed by atoms with van der Waals surface area (Å²) in [5, 5.41) is 19.2. The number of aliphatic hydroxyl groups excluding tert-OH is 1. The zero-order chi connectivity index (χ0) is 13.8. The van der Waals surface area contributed by atoms with Gasteiger partial charge in [0.05, 0.1) is 12.7 Å². The fourth-order valence-corrected chi connectivity index (χ4v) is 2.43. The van der Waals surface area contributed by atoms with E-state index in [4.69, 9.17) is 4.74 Å². The lowest BCUT2D eigenvalue weighted by Gasteiger charge is -2.32. The first-order chi connectivity index (χ1) is 9.17. The molecule has 19 heavy (non-hydrogen) atoms. The molecule has 1 aliphatic rings. The molecule has 0 radical (unpaired) electrons. The van der Waals surface area contributed by atoms with Crippen LogP contribution in [-0.4, -0.2) is 47.8 Å². The van der Waals surface area contributed by atoms with E-state index in [1.165, 1.54) is 7.11 Å². The molecule has 0 aromatic heterocycles. The van der Waals surface area contributed by atoms with E-state index in [2.05, 4.69) is 0 Å². The first-order valence-electron chi connectivity index (χ1n) is 6.43. The monoisotopic (exact) mass is 265 g/mol. The Morgan fingerprint density at radius 3 is 3.00 bits per heavy atom. The number of carbonyl (C=O) groups excluding carboxylic acids is 1. The Hall–Kier alpha value is -1.75. The number of phenols is 1. The molecule has 1 aliphatic heterocycles. The summed E-state index contributed by atoms with van der Waals surface area (Å²) in [7, 11) is 1.45. The van der Waals surface area contributed by atoms with Crippen LogP contribution in [-0.2, 0) is 0 Å². The quantitative estimate of drug-likeness (QED) is 0.863. The third-order valence-electron chi connectivity index (χ3n) is 3.51. The van der Waals surface area contributed by atoms with Gasteiger partial charge in [0, 0.05) is 19.7 Å². The number of para-hydroxylation sites is 1. The normalized spacial score (nSPS) is 19.3. The Morgan fingerprint density at radius 2 is 2.32 bits per heavy atom. The summed E-state index contributed by atoms with van der Waals surface area (Å²) in [6, 6.07) is 4.88. The van der Waals surface area contributed by atoms with Crippen molar-refractivity contribution in [2.75, 3.05) is 26.8 Å². The number of hydrogen-bond acceptors (Lipinski definition) is 4. The average Bonchev–Trinajstić information content (AvgIpc) is 2.47. The molecule has 5 nitrogen and oxygen atoms in total. The van der Waals surface area contributed by atoms with Crippen molar-refractivity contribution in [3.8, 4) is 11.5 Å². The summed E-state index contributed by atoms with van der Waals surface area (Å²) in [5.41, 5.74) is 0.248. The van der Waals surface area contributed by atoms with E-state index in [9.17, 15) is 15.0 Å². The lowest BCUT2D eigenvalue weighted by atomic mass is 9.98. The van der Waals surface area contributed by atoms with Crippen molar-refractivity contribution >= 4 is 5.91 Å². The Balaban J connectivity index is 2.19. The van der Waals surface area contributed by atoms with Gasteiger partial charge in [0.1, 0.15) is 0 Å². The van der Waals surface area contributed by atoms with E-state index < -0.39 is 0 Å². The first-order valence-corrected chi connectivity index (χ1v) is 6.43. The smallest absolute Gasteiger partial charge is 0.257 e. The van der Waals surface area contributed by atoms with Gasteiger partial charge in [-0.15, -0.1) is 0 Å². The minimum Gasteiger partial charge on any atom is -0.504 e. The summed E-state index contributed by atoms with van der Waals surface area (Å²) in [6.07, 6.45) is 1.81. The number of hydrogen-bond donors (Lipinski definition) is 2. The van der Waals surface area contributed by atoms with Crippen molar-refractivity contribution in [1.29, 1.82) is 0 Å². The van der Waals surface area contributed by atoms with Crippen LogP contribution < -0.4 is 4.74 Å². The van der Waals surface area contributed by atoms with Crippen LogP contribution in [0.3, 0.4) is 0 Å². The number of piperidine rings is 1. The minimum atomic E-state index is -0.213. The van der Waals surface area contributed by atoms with Gasteiger partial charge in [-0.05, 0) is 30.9 Å². The lowest BCUT2D eigenvalue weighted by Crippen LogP contribution is -2.40. The third kappa shape index (κ3) is 2.81. The second kappa shape index (κ2) is 5.93. The van der Waals surface area contributed by atoms with Crippen LogP contribution in [0.4, 0.5) is 0 Å². The van der Waals surface area contributed by atoms with E-state index >= 15 is 0 Å². The van der Waals surface area contributed by atoms with Gasteiger partial charge in [-0.3, -0.25) is 4.79 Å². The highest BCUT2D eigenvalue weighted by Gasteiger charge is 2.26. The predicted octanol–water partition coefficient (Wildman–Crippen LogP) is 1.25. The number of ether oxygens (including phenoxy) is 1. The molecule has 1 aromatic carbocycles. The molecule has 5 heteroatoms. The van der Waals surface area contributed by atoms with E-state index in [1.807, 2.05) is 0 Å². The second-order valence-electron chi connectivity index (χ2n) is 4.80. The second-order valence-corrected chi connectivity index (χ2v) is 4.80. The fourth-order valence-electron chi connectivity index (χ4n) is 2.43. The molecule has 1 saturated heterocycles. The Kier molecular flexibility index (Phi) is 4.27. The number of aromatic hydroxyl groups is 1. The number of carbonyl (C=O) groups is 1. The maximum absolute atomic E-state index is 12.4. The largest absolute Gasteiger partial charge is 0.504 e. The minimum absolute atomic E-state index is 0.0911. The number of aliphatic hydroxyl groups is 1. The fraction of sp³-hybridized carbons (Fsp3) is 0.500. The number of amides is 1. The van der Waals surface area contributed by atoms with Crippen LogP contribution in [0.5, 0.6) is 11.5 Å². The molecule has 2 N–H and O–H groups in total. The number of nitrogens with zero attached hydrogens (tertiary/aromatic N) is 1. The number of methoxy groups -OCH3 is 1. The standard InChI is InChI=1S/C14H19NO4/c1-19-12-6-2-5-11(13(12)17)14(18)15-7-3-4-10(8-15)9-16/h2,5-6,10,16-17H,3-4,7-9H2,1H3. The summed E-state index contributed by atoms with van der Waals surface area (Å²) < 4.78 is 5.00.